The number of carbonyl (C=O) groups is 1. The molecule has 0 spiro atoms. The van der Waals surface area contributed by atoms with Gasteiger partial charge in [0.2, 0.25) is 0 Å². The summed E-state index contributed by atoms with van der Waals surface area (Å²) in [5, 5.41) is 11.1. The number of hydrogen-bond donors (Lipinski definition) is 1. The lowest BCUT2D eigenvalue weighted by Gasteiger charge is -2.37. The first-order chi connectivity index (χ1) is 5.31. The second-order valence-electron chi connectivity index (χ2n) is 4.98. The maximum absolute atomic E-state index is 11.3. The maximum atomic E-state index is 11.3. The zero-order valence-corrected chi connectivity index (χ0v) is 7.96. The number of hydroxylamine groups is 2. The number of hydrogen-bond acceptors (Lipinski definition) is 3. The molecule has 1 aliphatic carbocycles. The molecule has 0 bridgehead atoms. The molecule has 1 saturated carbocycles. The van der Waals surface area contributed by atoms with Crippen molar-refractivity contribution in [2.24, 2.45) is 11.8 Å². The SMILES string of the molecule is CC1(C)C2C(=O)C2C(C)(C)N1O. The molecule has 2 atom stereocenters. The topological polar surface area (TPSA) is 40.5 Å². The number of fused-ring (bicyclic) bond motifs is 1. The van der Waals surface area contributed by atoms with Crippen molar-refractivity contribution in [2.45, 2.75) is 38.8 Å². The van der Waals surface area contributed by atoms with Gasteiger partial charge in [0, 0.05) is 11.8 Å². The van der Waals surface area contributed by atoms with Gasteiger partial charge in [-0.2, -0.15) is 5.06 Å². The van der Waals surface area contributed by atoms with Gasteiger partial charge in [-0.15, -0.1) is 0 Å². The third-order valence-electron chi connectivity index (χ3n) is 3.45. The quantitative estimate of drug-likeness (QED) is 0.589. The maximum Gasteiger partial charge on any atom is 0.144 e. The summed E-state index contributed by atoms with van der Waals surface area (Å²) in [5.74, 6) is 0.422. The minimum atomic E-state index is -0.370. The van der Waals surface area contributed by atoms with E-state index in [4.69, 9.17) is 0 Å². The van der Waals surface area contributed by atoms with Gasteiger partial charge in [-0.25, -0.2) is 0 Å². The van der Waals surface area contributed by atoms with E-state index >= 15 is 0 Å². The third-order valence-corrected chi connectivity index (χ3v) is 3.45. The summed E-state index contributed by atoms with van der Waals surface area (Å²) >= 11 is 0. The van der Waals surface area contributed by atoms with Gasteiger partial charge in [0.25, 0.3) is 0 Å². The lowest BCUT2D eigenvalue weighted by molar-refractivity contribution is -0.206. The van der Waals surface area contributed by atoms with Crippen LogP contribution in [-0.2, 0) is 4.79 Å². The number of piperidine rings is 1. The van der Waals surface area contributed by atoms with E-state index in [1.807, 2.05) is 27.7 Å². The van der Waals surface area contributed by atoms with Crippen molar-refractivity contribution in [3.05, 3.63) is 0 Å². The first kappa shape index (κ1) is 8.20. The number of Topliss-reactive ketones (excluding diaryl/α,β-unsaturated/α-hetero) is 1. The van der Waals surface area contributed by atoms with Crippen LogP contribution in [0.15, 0.2) is 0 Å². The number of rotatable bonds is 0. The smallest absolute Gasteiger partial charge is 0.144 e. The molecule has 0 aromatic heterocycles. The van der Waals surface area contributed by atoms with E-state index in [0.29, 0.717) is 5.78 Å². The van der Waals surface area contributed by atoms with E-state index in [1.54, 1.807) is 0 Å². The van der Waals surface area contributed by atoms with Gasteiger partial charge in [-0.05, 0) is 27.7 Å². The van der Waals surface area contributed by atoms with Crippen LogP contribution in [0.2, 0.25) is 0 Å². The van der Waals surface area contributed by atoms with Gasteiger partial charge in [0.05, 0.1) is 11.1 Å². The Bertz CT molecular complexity index is 233. The molecule has 3 heteroatoms. The van der Waals surface area contributed by atoms with Crippen molar-refractivity contribution in [3.63, 3.8) is 0 Å². The molecule has 2 fully saturated rings. The molecule has 1 N–H and O–H groups in total. The molecule has 2 unspecified atom stereocenters. The van der Waals surface area contributed by atoms with Crippen molar-refractivity contribution in [3.8, 4) is 0 Å². The molecule has 0 aromatic rings. The van der Waals surface area contributed by atoms with Crippen LogP contribution in [0.25, 0.3) is 0 Å². The summed E-state index contributed by atoms with van der Waals surface area (Å²) in [5.41, 5.74) is -0.740. The largest absolute Gasteiger partial charge is 0.313 e. The molecule has 1 heterocycles. The predicted molar refractivity (Wildman–Crippen MR) is 43.8 cm³/mol. The van der Waals surface area contributed by atoms with Crippen LogP contribution < -0.4 is 0 Å². The molecular weight excluding hydrogens is 154 g/mol. The Hall–Kier alpha value is -0.410. The lowest BCUT2D eigenvalue weighted by atomic mass is 10.00. The number of carbonyl (C=O) groups excluding carboxylic acids is 1. The molecule has 0 amide bonds. The molecule has 3 nitrogen and oxygen atoms in total. The van der Waals surface area contributed by atoms with Gasteiger partial charge < -0.3 is 5.21 Å². The highest BCUT2D eigenvalue weighted by Gasteiger charge is 2.73. The van der Waals surface area contributed by atoms with E-state index in [0.717, 1.165) is 0 Å². The van der Waals surface area contributed by atoms with Crippen molar-refractivity contribution < 1.29 is 10.0 Å². The average Bonchev–Trinajstić information content (AvgIpc) is 2.56. The Kier molecular flexibility index (Phi) is 1.20. The Morgan fingerprint density at radius 2 is 1.50 bits per heavy atom. The van der Waals surface area contributed by atoms with Crippen LogP contribution in [-0.4, -0.2) is 27.1 Å². The standard InChI is InChI=1S/C9H15NO2/c1-8(2)5-6(7(5)11)9(3,4)10(8)12/h5-6,12H,1-4H3. The fourth-order valence-electron chi connectivity index (χ4n) is 2.76. The van der Waals surface area contributed by atoms with Crippen LogP contribution in [0.5, 0.6) is 0 Å². The summed E-state index contributed by atoms with van der Waals surface area (Å²) in [4.78, 5) is 11.3. The molecule has 0 radical (unpaired) electrons. The zero-order valence-electron chi connectivity index (χ0n) is 7.96. The van der Waals surface area contributed by atoms with Crippen LogP contribution in [0.3, 0.4) is 0 Å². The Labute approximate surface area is 72.3 Å². The fourth-order valence-corrected chi connectivity index (χ4v) is 2.76. The van der Waals surface area contributed by atoms with E-state index in [1.165, 1.54) is 5.06 Å². The van der Waals surface area contributed by atoms with Crippen LogP contribution in [0, 0.1) is 11.8 Å². The van der Waals surface area contributed by atoms with Gasteiger partial charge in [0.15, 0.2) is 0 Å². The zero-order chi connectivity index (χ0) is 9.31. The lowest BCUT2D eigenvalue weighted by Crippen LogP contribution is -2.51. The summed E-state index contributed by atoms with van der Waals surface area (Å²) in [6.07, 6.45) is 0. The minimum absolute atomic E-state index is 0.0532. The second kappa shape index (κ2) is 1.75. The van der Waals surface area contributed by atoms with Crippen molar-refractivity contribution in [1.29, 1.82) is 0 Å². The van der Waals surface area contributed by atoms with Crippen LogP contribution in [0.4, 0.5) is 0 Å². The molecule has 2 rings (SSSR count). The normalized spacial score (nSPS) is 42.9. The Morgan fingerprint density at radius 3 is 1.75 bits per heavy atom. The van der Waals surface area contributed by atoms with Crippen LogP contribution >= 0.6 is 0 Å². The highest BCUT2D eigenvalue weighted by molar-refractivity contribution is 6.03. The highest BCUT2D eigenvalue weighted by Crippen LogP contribution is 2.59. The molecule has 0 aromatic carbocycles. The van der Waals surface area contributed by atoms with Gasteiger partial charge in [-0.3, -0.25) is 4.79 Å². The van der Waals surface area contributed by atoms with Crippen LogP contribution in [0.1, 0.15) is 27.7 Å². The van der Waals surface area contributed by atoms with E-state index in [-0.39, 0.29) is 22.9 Å². The van der Waals surface area contributed by atoms with Crippen molar-refractivity contribution >= 4 is 5.78 Å². The summed E-state index contributed by atoms with van der Waals surface area (Å²) in [7, 11) is 0. The number of nitrogens with zero attached hydrogens (tertiary/aromatic N) is 1. The van der Waals surface area contributed by atoms with Crippen molar-refractivity contribution in [2.75, 3.05) is 0 Å². The predicted octanol–water partition coefficient (Wildman–Crippen LogP) is 1.06. The molecule has 12 heavy (non-hydrogen) atoms. The first-order valence-corrected chi connectivity index (χ1v) is 4.34. The van der Waals surface area contributed by atoms with Gasteiger partial charge in [-0.1, -0.05) is 0 Å². The minimum Gasteiger partial charge on any atom is -0.313 e. The molecule has 1 saturated heterocycles. The molecular formula is C9H15NO2. The van der Waals surface area contributed by atoms with E-state index < -0.39 is 0 Å². The van der Waals surface area contributed by atoms with Gasteiger partial charge >= 0.3 is 0 Å². The molecule has 2 aliphatic rings. The monoisotopic (exact) mass is 169 g/mol. The van der Waals surface area contributed by atoms with E-state index in [9.17, 15) is 10.0 Å². The molecule has 68 valence electrons. The summed E-state index contributed by atoms with van der Waals surface area (Å²) < 4.78 is 0. The first-order valence-electron chi connectivity index (χ1n) is 4.34. The van der Waals surface area contributed by atoms with Crippen molar-refractivity contribution in [1.82, 2.24) is 5.06 Å². The third kappa shape index (κ3) is 0.627. The molecule has 1 aliphatic heterocycles. The number of ketones is 1. The summed E-state index contributed by atoms with van der Waals surface area (Å²) in [6.45, 7) is 7.68. The Morgan fingerprint density at radius 1 is 1.17 bits per heavy atom. The highest BCUT2D eigenvalue weighted by atomic mass is 16.5. The van der Waals surface area contributed by atoms with Gasteiger partial charge in [0.1, 0.15) is 5.78 Å². The summed E-state index contributed by atoms with van der Waals surface area (Å²) in [6, 6.07) is 0. The average molecular weight is 169 g/mol. The Balaban J connectivity index is 2.41. The fraction of sp³-hybridized carbons (Fsp3) is 0.889. The second-order valence-corrected chi connectivity index (χ2v) is 4.98. The van der Waals surface area contributed by atoms with E-state index in [2.05, 4.69) is 0 Å².